The van der Waals surface area contributed by atoms with Crippen molar-refractivity contribution in [3.05, 3.63) is 45.4 Å². The second-order valence-electron chi connectivity index (χ2n) is 5.32. The Balaban J connectivity index is 2.19. The van der Waals surface area contributed by atoms with E-state index in [0.29, 0.717) is 17.5 Å². The SMILES string of the molecule is CCC(CC)=C1C2CCC1c1c(N=O)cccc12. The summed E-state index contributed by atoms with van der Waals surface area (Å²) in [6.45, 7) is 4.49. The summed E-state index contributed by atoms with van der Waals surface area (Å²) in [5.41, 5.74) is 6.49. The summed E-state index contributed by atoms with van der Waals surface area (Å²) in [6.07, 6.45) is 4.72. The van der Waals surface area contributed by atoms with Gasteiger partial charge in [0.25, 0.3) is 0 Å². The maximum atomic E-state index is 11.0. The molecule has 3 rings (SSSR count). The number of rotatable bonds is 3. The Morgan fingerprint density at radius 2 is 1.94 bits per heavy atom. The second-order valence-corrected chi connectivity index (χ2v) is 5.32. The summed E-state index contributed by atoms with van der Waals surface area (Å²) in [5, 5.41) is 3.23. The molecule has 2 nitrogen and oxygen atoms in total. The highest BCUT2D eigenvalue weighted by Crippen LogP contribution is 2.60. The van der Waals surface area contributed by atoms with Crippen LogP contribution in [0, 0.1) is 4.91 Å². The third-order valence-electron chi connectivity index (χ3n) is 4.70. The fraction of sp³-hybridized carbons (Fsp3) is 0.500. The number of benzene rings is 1. The number of fused-ring (bicyclic) bond motifs is 5. The molecule has 0 aromatic heterocycles. The first-order valence-corrected chi connectivity index (χ1v) is 6.99. The largest absolute Gasteiger partial charge is 0.145 e. The lowest BCUT2D eigenvalue weighted by molar-refractivity contribution is 0.718. The zero-order valence-electron chi connectivity index (χ0n) is 11.1. The summed E-state index contributed by atoms with van der Waals surface area (Å²) >= 11 is 0. The van der Waals surface area contributed by atoms with Crippen molar-refractivity contribution >= 4 is 5.69 Å². The minimum Gasteiger partial charge on any atom is -0.145 e. The van der Waals surface area contributed by atoms with E-state index in [9.17, 15) is 4.91 Å². The third kappa shape index (κ3) is 1.41. The van der Waals surface area contributed by atoms with Crippen LogP contribution < -0.4 is 0 Å². The predicted molar refractivity (Wildman–Crippen MR) is 74.2 cm³/mol. The first-order chi connectivity index (χ1) is 8.81. The average Bonchev–Trinajstić information content (AvgIpc) is 2.97. The monoisotopic (exact) mass is 241 g/mol. The molecule has 1 saturated carbocycles. The van der Waals surface area contributed by atoms with Gasteiger partial charge in [0.1, 0.15) is 5.69 Å². The van der Waals surface area contributed by atoms with Crippen molar-refractivity contribution in [2.75, 3.05) is 0 Å². The van der Waals surface area contributed by atoms with Gasteiger partial charge < -0.3 is 0 Å². The fourth-order valence-corrected chi connectivity index (χ4v) is 3.99. The number of nitroso groups, excluding NO2 is 1. The highest BCUT2D eigenvalue weighted by Gasteiger charge is 2.43. The standard InChI is InChI=1S/C16H19NO/c1-3-10(4-2)15-12-8-9-13(15)16-11(12)6-5-7-14(16)17-18/h5-7,12-13H,3-4,8-9H2,1-2H3. The van der Waals surface area contributed by atoms with Crippen molar-refractivity contribution in [2.24, 2.45) is 5.18 Å². The predicted octanol–water partition coefficient (Wildman–Crippen LogP) is 5.18. The van der Waals surface area contributed by atoms with Gasteiger partial charge in [-0.05, 0) is 48.1 Å². The van der Waals surface area contributed by atoms with Crippen LogP contribution in [0.3, 0.4) is 0 Å². The van der Waals surface area contributed by atoms with E-state index in [1.165, 1.54) is 24.0 Å². The topological polar surface area (TPSA) is 29.4 Å². The van der Waals surface area contributed by atoms with Gasteiger partial charge in [0.15, 0.2) is 0 Å². The Hall–Kier alpha value is -1.44. The Bertz CT molecular complexity index is 524. The van der Waals surface area contributed by atoms with Crippen LogP contribution in [0.4, 0.5) is 5.69 Å². The summed E-state index contributed by atoms with van der Waals surface area (Å²) in [4.78, 5) is 11.0. The van der Waals surface area contributed by atoms with Gasteiger partial charge in [-0.3, -0.25) is 0 Å². The minimum absolute atomic E-state index is 0.480. The molecule has 1 fully saturated rings. The fourth-order valence-electron chi connectivity index (χ4n) is 3.99. The lowest BCUT2D eigenvalue weighted by atomic mass is 9.91. The molecule has 0 spiro atoms. The Morgan fingerprint density at radius 1 is 1.22 bits per heavy atom. The van der Waals surface area contributed by atoms with Crippen molar-refractivity contribution in [3.8, 4) is 0 Å². The molecule has 2 aliphatic carbocycles. The van der Waals surface area contributed by atoms with Crippen LogP contribution in [0.1, 0.15) is 62.5 Å². The lowest BCUT2D eigenvalue weighted by Gasteiger charge is -2.14. The smallest absolute Gasteiger partial charge is 0.112 e. The number of nitrogens with zero attached hydrogens (tertiary/aromatic N) is 1. The number of hydrogen-bond donors (Lipinski definition) is 0. The van der Waals surface area contributed by atoms with Crippen LogP contribution in [-0.2, 0) is 0 Å². The quantitative estimate of drug-likeness (QED) is 0.530. The number of hydrogen-bond acceptors (Lipinski definition) is 2. The van der Waals surface area contributed by atoms with Gasteiger partial charge in [0.2, 0.25) is 0 Å². The normalized spacial score (nSPS) is 24.2. The van der Waals surface area contributed by atoms with E-state index < -0.39 is 0 Å². The van der Waals surface area contributed by atoms with Crippen molar-refractivity contribution < 1.29 is 0 Å². The van der Waals surface area contributed by atoms with E-state index in [4.69, 9.17) is 0 Å². The molecule has 94 valence electrons. The van der Waals surface area contributed by atoms with Crippen LogP contribution in [0.5, 0.6) is 0 Å². The molecule has 18 heavy (non-hydrogen) atoms. The average molecular weight is 241 g/mol. The maximum Gasteiger partial charge on any atom is 0.112 e. The molecule has 0 N–H and O–H groups in total. The van der Waals surface area contributed by atoms with Gasteiger partial charge in [0, 0.05) is 11.8 Å². The third-order valence-corrected chi connectivity index (χ3v) is 4.70. The molecule has 2 heteroatoms. The molecule has 2 aliphatic rings. The van der Waals surface area contributed by atoms with Crippen LogP contribution in [-0.4, -0.2) is 0 Å². The molecular weight excluding hydrogens is 222 g/mol. The maximum absolute atomic E-state index is 11.0. The Kier molecular flexibility index (Phi) is 2.81. The molecule has 0 radical (unpaired) electrons. The van der Waals surface area contributed by atoms with E-state index in [2.05, 4.69) is 25.1 Å². The highest BCUT2D eigenvalue weighted by atomic mass is 16.3. The van der Waals surface area contributed by atoms with Crippen molar-refractivity contribution in [2.45, 2.75) is 51.4 Å². The van der Waals surface area contributed by atoms with Crippen molar-refractivity contribution in [1.29, 1.82) is 0 Å². The summed E-state index contributed by atoms with van der Waals surface area (Å²) in [7, 11) is 0. The van der Waals surface area contributed by atoms with Gasteiger partial charge in [-0.25, -0.2) is 0 Å². The molecule has 1 aromatic rings. The lowest BCUT2D eigenvalue weighted by Crippen LogP contribution is -1.97. The zero-order valence-corrected chi connectivity index (χ0v) is 11.1. The first-order valence-electron chi connectivity index (χ1n) is 6.99. The van der Waals surface area contributed by atoms with Gasteiger partial charge in [-0.1, -0.05) is 37.1 Å². The molecule has 0 amide bonds. The van der Waals surface area contributed by atoms with Gasteiger partial charge in [0.05, 0.1) is 0 Å². The summed E-state index contributed by atoms with van der Waals surface area (Å²) in [6, 6.07) is 6.03. The Morgan fingerprint density at radius 3 is 2.61 bits per heavy atom. The minimum atomic E-state index is 0.480. The van der Waals surface area contributed by atoms with Gasteiger partial charge in [-0.2, -0.15) is 0 Å². The summed E-state index contributed by atoms with van der Waals surface area (Å²) in [5.74, 6) is 1.05. The second kappa shape index (κ2) is 4.34. The van der Waals surface area contributed by atoms with E-state index in [0.717, 1.165) is 12.8 Å². The number of allylic oxidation sites excluding steroid dienone is 2. The molecule has 2 bridgehead atoms. The van der Waals surface area contributed by atoms with E-state index in [1.54, 1.807) is 11.1 Å². The van der Waals surface area contributed by atoms with Gasteiger partial charge >= 0.3 is 0 Å². The summed E-state index contributed by atoms with van der Waals surface area (Å²) < 4.78 is 0. The molecule has 1 aromatic carbocycles. The van der Waals surface area contributed by atoms with Crippen LogP contribution >= 0.6 is 0 Å². The van der Waals surface area contributed by atoms with Crippen molar-refractivity contribution in [3.63, 3.8) is 0 Å². The molecule has 2 unspecified atom stereocenters. The van der Waals surface area contributed by atoms with E-state index in [1.807, 2.05) is 12.1 Å². The molecule has 0 saturated heterocycles. The molecule has 2 atom stereocenters. The highest BCUT2D eigenvalue weighted by molar-refractivity contribution is 5.64. The zero-order chi connectivity index (χ0) is 12.7. The molecule has 0 heterocycles. The first kappa shape index (κ1) is 11.6. The van der Waals surface area contributed by atoms with Crippen LogP contribution in [0.2, 0.25) is 0 Å². The van der Waals surface area contributed by atoms with Crippen LogP contribution in [0.25, 0.3) is 0 Å². The molecular formula is C16H19NO. The van der Waals surface area contributed by atoms with E-state index in [-0.39, 0.29) is 0 Å². The Labute approximate surface area is 108 Å². The van der Waals surface area contributed by atoms with Crippen LogP contribution in [0.15, 0.2) is 34.5 Å². The van der Waals surface area contributed by atoms with Crippen molar-refractivity contribution in [1.82, 2.24) is 0 Å². The van der Waals surface area contributed by atoms with Gasteiger partial charge in [-0.15, -0.1) is 4.91 Å². The molecule has 0 aliphatic heterocycles. The van der Waals surface area contributed by atoms with E-state index >= 15 is 0 Å².